The van der Waals surface area contributed by atoms with Crippen molar-refractivity contribution in [1.82, 2.24) is 0 Å². The number of hydrogen-bond donors (Lipinski definition) is 0. The average Bonchev–Trinajstić information content (AvgIpc) is 2.31. The molecule has 1 rings (SSSR count). The van der Waals surface area contributed by atoms with E-state index in [-0.39, 0.29) is 4.88 Å². The van der Waals surface area contributed by atoms with Gasteiger partial charge in [-0.05, 0) is 11.4 Å². The first-order chi connectivity index (χ1) is 5.43. The molecule has 1 heterocycles. The smallest absolute Gasteiger partial charge is 0.254 e. The van der Waals surface area contributed by atoms with E-state index in [2.05, 4.69) is 0 Å². The van der Waals surface area contributed by atoms with Crippen molar-refractivity contribution >= 4 is 63.5 Å². The molecule has 0 spiro atoms. The molecule has 0 unspecified atom stereocenters. The summed E-state index contributed by atoms with van der Waals surface area (Å²) in [6.45, 7) is 0. The third-order valence-electron chi connectivity index (χ3n) is 1.08. The van der Waals surface area contributed by atoms with Crippen LogP contribution in [0, 0.1) is 0 Å². The van der Waals surface area contributed by atoms with Crippen molar-refractivity contribution in [1.29, 1.82) is 0 Å². The van der Waals surface area contributed by atoms with Gasteiger partial charge in [-0.2, -0.15) is 0 Å². The van der Waals surface area contributed by atoms with Gasteiger partial charge in [0, 0.05) is 0 Å². The van der Waals surface area contributed by atoms with Crippen molar-refractivity contribution in [3.05, 3.63) is 21.3 Å². The number of thiophene rings is 1. The van der Waals surface area contributed by atoms with E-state index in [1.165, 1.54) is 0 Å². The van der Waals surface area contributed by atoms with Gasteiger partial charge in [0.1, 0.15) is 0 Å². The Hall–Kier alpha value is 0.530. The molecular formula is C6H2Cl4OS. The average molecular weight is 264 g/mol. The first kappa shape index (κ1) is 10.6. The van der Waals surface area contributed by atoms with Crippen LogP contribution >= 0.6 is 57.7 Å². The van der Waals surface area contributed by atoms with Crippen LogP contribution in [0.5, 0.6) is 0 Å². The van der Waals surface area contributed by atoms with Crippen LogP contribution in [0.4, 0.5) is 0 Å². The third-order valence-corrected chi connectivity index (χ3v) is 2.94. The van der Waals surface area contributed by atoms with Gasteiger partial charge in [-0.1, -0.05) is 46.4 Å². The number of ketones is 1. The largest absolute Gasteiger partial charge is 0.288 e. The molecule has 66 valence electrons. The second-order valence-electron chi connectivity index (χ2n) is 1.92. The lowest BCUT2D eigenvalue weighted by molar-refractivity contribution is 0.100. The second-order valence-corrected chi connectivity index (χ2v) is 5.53. The van der Waals surface area contributed by atoms with Gasteiger partial charge in [0.25, 0.3) is 3.79 Å². The molecule has 0 aliphatic heterocycles. The Morgan fingerprint density at radius 2 is 2.00 bits per heavy atom. The van der Waals surface area contributed by atoms with Gasteiger partial charge >= 0.3 is 0 Å². The molecule has 0 aliphatic rings. The normalized spacial score (nSPS) is 11.7. The number of halogens is 4. The van der Waals surface area contributed by atoms with Crippen LogP contribution in [0.2, 0.25) is 5.02 Å². The number of carbonyl (C=O) groups is 1. The molecule has 1 aromatic heterocycles. The lowest BCUT2D eigenvalue weighted by Crippen LogP contribution is -2.17. The van der Waals surface area contributed by atoms with Crippen molar-refractivity contribution in [2.45, 2.75) is 3.79 Å². The maximum Gasteiger partial charge on any atom is 0.254 e. The molecule has 1 aromatic rings. The standard InChI is InChI=1S/C6H2Cl4OS/c7-3-1-2-12-4(3)5(11)6(8,9)10/h1-2H. The van der Waals surface area contributed by atoms with Gasteiger partial charge in [0.2, 0.25) is 5.78 Å². The molecular weight excluding hydrogens is 262 g/mol. The highest BCUT2D eigenvalue weighted by atomic mass is 35.6. The van der Waals surface area contributed by atoms with E-state index >= 15 is 0 Å². The minimum atomic E-state index is -1.92. The van der Waals surface area contributed by atoms with Crippen molar-refractivity contribution < 1.29 is 4.79 Å². The fourth-order valence-corrected chi connectivity index (χ4v) is 2.17. The molecule has 0 saturated heterocycles. The van der Waals surface area contributed by atoms with Crippen molar-refractivity contribution in [2.75, 3.05) is 0 Å². The molecule has 0 fully saturated rings. The predicted octanol–water partition coefficient (Wildman–Crippen LogP) is 3.95. The highest BCUT2D eigenvalue weighted by molar-refractivity contribution is 7.13. The van der Waals surface area contributed by atoms with Crippen LogP contribution in [0.1, 0.15) is 9.67 Å². The minimum absolute atomic E-state index is 0.275. The Morgan fingerprint density at radius 3 is 2.33 bits per heavy atom. The first-order valence-electron chi connectivity index (χ1n) is 2.77. The maximum atomic E-state index is 11.3. The number of carbonyl (C=O) groups excluding carboxylic acids is 1. The summed E-state index contributed by atoms with van der Waals surface area (Å²) in [7, 11) is 0. The van der Waals surface area contributed by atoms with Crippen molar-refractivity contribution in [2.24, 2.45) is 0 Å². The van der Waals surface area contributed by atoms with Crippen LogP contribution in [0.15, 0.2) is 11.4 Å². The number of Topliss-reactive ketones (excluding diaryl/α,β-unsaturated/α-hetero) is 1. The number of hydrogen-bond acceptors (Lipinski definition) is 2. The number of alkyl halides is 3. The van der Waals surface area contributed by atoms with Gasteiger partial charge in [0.05, 0.1) is 9.90 Å². The molecule has 0 aliphatic carbocycles. The Labute approximate surface area is 93.2 Å². The molecule has 0 amide bonds. The van der Waals surface area contributed by atoms with Crippen LogP contribution in [-0.4, -0.2) is 9.58 Å². The SMILES string of the molecule is O=C(c1sccc1Cl)C(Cl)(Cl)Cl. The van der Waals surface area contributed by atoms with E-state index in [9.17, 15) is 4.79 Å². The summed E-state index contributed by atoms with van der Waals surface area (Å²) in [6.07, 6.45) is 0. The molecule has 0 saturated carbocycles. The zero-order valence-electron chi connectivity index (χ0n) is 5.48. The summed E-state index contributed by atoms with van der Waals surface area (Å²) in [4.78, 5) is 11.6. The minimum Gasteiger partial charge on any atom is -0.288 e. The fraction of sp³-hybridized carbons (Fsp3) is 0.167. The monoisotopic (exact) mass is 262 g/mol. The molecule has 0 bridgehead atoms. The van der Waals surface area contributed by atoms with Crippen LogP contribution < -0.4 is 0 Å². The van der Waals surface area contributed by atoms with Crippen LogP contribution in [-0.2, 0) is 0 Å². The van der Waals surface area contributed by atoms with Gasteiger partial charge in [0.15, 0.2) is 0 Å². The predicted molar refractivity (Wildman–Crippen MR) is 53.9 cm³/mol. The van der Waals surface area contributed by atoms with Gasteiger partial charge in [-0.15, -0.1) is 11.3 Å². The first-order valence-corrected chi connectivity index (χ1v) is 5.16. The molecule has 0 aromatic carbocycles. The van der Waals surface area contributed by atoms with Crippen molar-refractivity contribution in [3.8, 4) is 0 Å². The van der Waals surface area contributed by atoms with E-state index in [0.717, 1.165) is 11.3 Å². The second kappa shape index (κ2) is 3.72. The highest BCUT2D eigenvalue weighted by Crippen LogP contribution is 2.35. The van der Waals surface area contributed by atoms with E-state index in [0.29, 0.717) is 5.02 Å². The van der Waals surface area contributed by atoms with Crippen LogP contribution in [0.25, 0.3) is 0 Å². The van der Waals surface area contributed by atoms with E-state index in [1.54, 1.807) is 11.4 Å². The lowest BCUT2D eigenvalue weighted by atomic mass is 10.3. The molecule has 0 N–H and O–H groups in total. The van der Waals surface area contributed by atoms with Crippen LogP contribution in [0.3, 0.4) is 0 Å². The highest BCUT2D eigenvalue weighted by Gasteiger charge is 2.33. The van der Waals surface area contributed by atoms with E-state index in [4.69, 9.17) is 46.4 Å². The molecule has 12 heavy (non-hydrogen) atoms. The van der Waals surface area contributed by atoms with E-state index in [1.807, 2.05) is 0 Å². The molecule has 0 radical (unpaired) electrons. The zero-order valence-corrected chi connectivity index (χ0v) is 9.32. The topological polar surface area (TPSA) is 17.1 Å². The van der Waals surface area contributed by atoms with Crippen molar-refractivity contribution in [3.63, 3.8) is 0 Å². The Bertz CT molecular complexity index is 301. The number of rotatable bonds is 1. The summed E-state index contributed by atoms with van der Waals surface area (Å²) in [5.41, 5.74) is 0. The maximum absolute atomic E-state index is 11.3. The quantitative estimate of drug-likeness (QED) is 0.554. The van der Waals surface area contributed by atoms with E-state index < -0.39 is 9.58 Å². The summed E-state index contributed by atoms with van der Waals surface area (Å²) >= 11 is 22.9. The molecule has 1 nitrogen and oxygen atoms in total. The molecule has 6 heteroatoms. The zero-order chi connectivity index (χ0) is 9.35. The van der Waals surface area contributed by atoms with Gasteiger partial charge < -0.3 is 0 Å². The summed E-state index contributed by atoms with van der Waals surface area (Å²) < 4.78 is -1.92. The molecule has 0 atom stereocenters. The fourth-order valence-electron chi connectivity index (χ4n) is 0.584. The summed E-state index contributed by atoms with van der Waals surface area (Å²) in [6, 6.07) is 1.58. The lowest BCUT2D eigenvalue weighted by Gasteiger charge is -2.06. The van der Waals surface area contributed by atoms with Gasteiger partial charge in [-0.3, -0.25) is 4.79 Å². The Kier molecular flexibility index (Phi) is 3.29. The van der Waals surface area contributed by atoms with Gasteiger partial charge in [-0.25, -0.2) is 0 Å². The third kappa shape index (κ3) is 2.27. The Morgan fingerprint density at radius 1 is 1.42 bits per heavy atom. The Balaban J connectivity index is 3.01. The summed E-state index contributed by atoms with van der Waals surface area (Å²) in [5.74, 6) is -0.590. The summed E-state index contributed by atoms with van der Waals surface area (Å²) in [5, 5.41) is 1.97.